The van der Waals surface area contributed by atoms with Crippen LogP contribution < -0.4 is 10.5 Å². The molecule has 104 valence electrons. The summed E-state index contributed by atoms with van der Waals surface area (Å²) >= 11 is 0. The molecule has 1 rings (SSSR count). The third-order valence-electron chi connectivity index (χ3n) is 2.27. The van der Waals surface area contributed by atoms with Crippen molar-refractivity contribution in [3.8, 4) is 11.8 Å². The van der Waals surface area contributed by atoms with Crippen LogP contribution in [-0.4, -0.2) is 34.7 Å². The molecule has 1 atom stereocenters. The molecule has 0 radical (unpaired) electrons. The number of hydrogen-bond acceptors (Lipinski definition) is 4. The molecule has 0 aromatic heterocycles. The van der Waals surface area contributed by atoms with Gasteiger partial charge in [-0.3, -0.25) is 0 Å². The van der Waals surface area contributed by atoms with Crippen LogP contribution in [0.3, 0.4) is 0 Å². The number of ether oxygens (including phenoxy) is 1. The fourth-order valence-corrected chi connectivity index (χ4v) is 2.95. The number of methoxy groups -OCH3 is 1. The molecule has 1 unspecified atom stereocenters. The van der Waals surface area contributed by atoms with Crippen LogP contribution in [0.25, 0.3) is 0 Å². The molecule has 0 spiro atoms. The fourth-order valence-electron chi connectivity index (χ4n) is 1.56. The summed E-state index contributed by atoms with van der Waals surface area (Å²) in [6.07, 6.45) is 0. The van der Waals surface area contributed by atoms with E-state index in [4.69, 9.17) is 10.5 Å². The lowest BCUT2D eigenvalue weighted by Gasteiger charge is -2.14. The second kappa shape index (κ2) is 7.26. The largest absolute Gasteiger partial charge is 0.383 e. The first kappa shape index (κ1) is 15.7. The lowest BCUT2D eigenvalue weighted by atomic mass is 10.2. The highest BCUT2D eigenvalue weighted by molar-refractivity contribution is 7.89. The Morgan fingerprint density at radius 2 is 2.11 bits per heavy atom. The van der Waals surface area contributed by atoms with E-state index in [1.807, 2.05) is 0 Å². The summed E-state index contributed by atoms with van der Waals surface area (Å²) in [6, 6.07) is 6.24. The molecule has 3 N–H and O–H groups in total. The van der Waals surface area contributed by atoms with E-state index < -0.39 is 10.0 Å². The maximum atomic E-state index is 12.2. The summed E-state index contributed by atoms with van der Waals surface area (Å²) in [4.78, 5) is 0.152. The van der Waals surface area contributed by atoms with Crippen LogP contribution in [0.2, 0.25) is 0 Å². The first-order chi connectivity index (χ1) is 9.01. The maximum Gasteiger partial charge on any atom is 0.242 e. The summed E-state index contributed by atoms with van der Waals surface area (Å²) < 4.78 is 31.9. The molecular weight excluding hydrogens is 264 g/mol. The molecule has 5 nitrogen and oxygen atoms in total. The molecule has 0 aliphatic rings. The van der Waals surface area contributed by atoms with Gasteiger partial charge >= 0.3 is 0 Å². The average Bonchev–Trinajstić information content (AvgIpc) is 2.36. The topological polar surface area (TPSA) is 81.4 Å². The van der Waals surface area contributed by atoms with E-state index in [1.165, 1.54) is 13.2 Å². The van der Waals surface area contributed by atoms with Crippen molar-refractivity contribution in [1.82, 2.24) is 4.72 Å². The highest BCUT2D eigenvalue weighted by Gasteiger charge is 2.19. The zero-order chi connectivity index (χ0) is 14.3. The third-order valence-corrected chi connectivity index (χ3v) is 3.92. The predicted octanol–water partition coefficient (Wildman–Crippen LogP) is 0.310. The second-order valence-corrected chi connectivity index (χ2v) is 5.66. The zero-order valence-corrected chi connectivity index (χ0v) is 11.8. The van der Waals surface area contributed by atoms with E-state index in [1.54, 1.807) is 25.1 Å². The SMILES string of the molecule is COCC(C)NS(=O)(=O)c1ccccc1C#CCN. The van der Waals surface area contributed by atoms with Gasteiger partial charge in [0.1, 0.15) is 0 Å². The van der Waals surface area contributed by atoms with Gasteiger partial charge in [-0.15, -0.1) is 0 Å². The normalized spacial score (nSPS) is 12.6. The Morgan fingerprint density at radius 1 is 1.42 bits per heavy atom. The summed E-state index contributed by atoms with van der Waals surface area (Å²) in [6.45, 7) is 2.22. The van der Waals surface area contributed by atoms with Gasteiger partial charge in [0.05, 0.1) is 18.0 Å². The van der Waals surface area contributed by atoms with E-state index in [2.05, 4.69) is 16.6 Å². The minimum absolute atomic E-state index is 0.152. The minimum atomic E-state index is -3.62. The van der Waals surface area contributed by atoms with Crippen LogP contribution in [-0.2, 0) is 14.8 Å². The molecule has 19 heavy (non-hydrogen) atoms. The molecule has 0 heterocycles. The van der Waals surface area contributed by atoms with Crippen molar-refractivity contribution >= 4 is 10.0 Å². The van der Waals surface area contributed by atoms with E-state index in [9.17, 15) is 8.42 Å². The monoisotopic (exact) mass is 282 g/mol. The predicted molar refractivity (Wildman–Crippen MR) is 74.0 cm³/mol. The van der Waals surface area contributed by atoms with Gasteiger partial charge in [0.25, 0.3) is 0 Å². The van der Waals surface area contributed by atoms with E-state index in [-0.39, 0.29) is 17.5 Å². The van der Waals surface area contributed by atoms with Crippen molar-refractivity contribution in [2.45, 2.75) is 17.9 Å². The molecular formula is C13H18N2O3S. The van der Waals surface area contributed by atoms with E-state index >= 15 is 0 Å². The van der Waals surface area contributed by atoms with Crippen molar-refractivity contribution in [2.24, 2.45) is 5.73 Å². The molecule has 0 aliphatic heterocycles. The highest BCUT2D eigenvalue weighted by atomic mass is 32.2. The van der Waals surface area contributed by atoms with Crippen molar-refractivity contribution in [3.63, 3.8) is 0 Å². The van der Waals surface area contributed by atoms with E-state index in [0.29, 0.717) is 12.2 Å². The summed E-state index contributed by atoms with van der Waals surface area (Å²) in [7, 11) is -2.10. The average molecular weight is 282 g/mol. The lowest BCUT2D eigenvalue weighted by Crippen LogP contribution is -2.35. The number of nitrogens with two attached hydrogens (primary N) is 1. The molecule has 0 saturated carbocycles. The number of sulfonamides is 1. The Kier molecular flexibility index (Phi) is 5.99. The summed E-state index contributed by atoms with van der Waals surface area (Å²) in [5.74, 6) is 5.42. The van der Waals surface area contributed by atoms with Crippen molar-refractivity contribution < 1.29 is 13.2 Å². The van der Waals surface area contributed by atoms with Crippen LogP contribution >= 0.6 is 0 Å². The van der Waals surface area contributed by atoms with Crippen LogP contribution in [0.4, 0.5) is 0 Å². The van der Waals surface area contributed by atoms with Gasteiger partial charge in [-0.2, -0.15) is 0 Å². The Balaban J connectivity index is 3.07. The number of hydrogen-bond donors (Lipinski definition) is 2. The Hall–Kier alpha value is -1.39. The molecule has 1 aromatic carbocycles. The van der Waals surface area contributed by atoms with Crippen LogP contribution in [0.5, 0.6) is 0 Å². The van der Waals surface area contributed by atoms with Crippen molar-refractivity contribution in [2.75, 3.05) is 20.3 Å². The van der Waals surface area contributed by atoms with Crippen molar-refractivity contribution in [1.29, 1.82) is 0 Å². The van der Waals surface area contributed by atoms with E-state index in [0.717, 1.165) is 0 Å². The zero-order valence-electron chi connectivity index (χ0n) is 11.0. The van der Waals surface area contributed by atoms with Gasteiger partial charge < -0.3 is 10.5 Å². The van der Waals surface area contributed by atoms with Gasteiger partial charge in [0.15, 0.2) is 0 Å². The quantitative estimate of drug-likeness (QED) is 0.762. The van der Waals surface area contributed by atoms with Crippen LogP contribution in [0.1, 0.15) is 12.5 Å². The summed E-state index contributed by atoms with van der Waals surface area (Å²) in [5.41, 5.74) is 5.74. The first-order valence-electron chi connectivity index (χ1n) is 5.80. The van der Waals surface area contributed by atoms with Gasteiger partial charge in [-0.25, -0.2) is 13.1 Å². The first-order valence-corrected chi connectivity index (χ1v) is 7.29. The molecule has 0 saturated heterocycles. The maximum absolute atomic E-state index is 12.2. The van der Waals surface area contributed by atoms with Gasteiger partial charge in [-0.05, 0) is 19.1 Å². The Bertz CT molecular complexity index is 573. The lowest BCUT2D eigenvalue weighted by molar-refractivity contribution is 0.180. The number of nitrogens with one attached hydrogen (secondary N) is 1. The standard InChI is InChI=1S/C13H18N2O3S/c1-11(10-18-2)15-19(16,17)13-8-4-3-6-12(13)7-5-9-14/h3-4,6,8,11,15H,9-10,14H2,1-2H3. The molecule has 0 amide bonds. The number of rotatable bonds is 5. The van der Waals surface area contributed by atoms with Crippen LogP contribution in [0, 0.1) is 11.8 Å². The molecule has 6 heteroatoms. The second-order valence-electron chi connectivity index (χ2n) is 3.98. The number of benzene rings is 1. The fraction of sp³-hybridized carbons (Fsp3) is 0.385. The van der Waals surface area contributed by atoms with Gasteiger partial charge in [0.2, 0.25) is 10.0 Å². The Morgan fingerprint density at radius 3 is 2.74 bits per heavy atom. The third kappa shape index (κ3) is 4.65. The van der Waals surface area contributed by atoms with Gasteiger partial charge in [0, 0.05) is 18.7 Å². The Labute approximate surface area is 114 Å². The highest BCUT2D eigenvalue weighted by Crippen LogP contribution is 2.14. The smallest absolute Gasteiger partial charge is 0.242 e. The summed E-state index contributed by atoms with van der Waals surface area (Å²) in [5, 5.41) is 0. The molecule has 0 bridgehead atoms. The minimum Gasteiger partial charge on any atom is -0.383 e. The molecule has 0 fully saturated rings. The van der Waals surface area contributed by atoms with Crippen molar-refractivity contribution in [3.05, 3.63) is 29.8 Å². The van der Waals surface area contributed by atoms with Crippen LogP contribution in [0.15, 0.2) is 29.2 Å². The molecule has 1 aromatic rings. The van der Waals surface area contributed by atoms with Gasteiger partial charge in [-0.1, -0.05) is 24.0 Å². The molecule has 0 aliphatic carbocycles.